The molecule has 7 N–H and O–H groups in total. The molecule has 1 heterocycles. The Morgan fingerprint density at radius 2 is 1.60 bits per heavy atom. The van der Waals surface area contributed by atoms with Crippen LogP contribution in [0.15, 0.2) is 62.7 Å². The average Bonchev–Trinajstić information content (AvgIpc) is 2.83. The summed E-state index contributed by atoms with van der Waals surface area (Å²) in [4.78, 5) is 10.4. The second kappa shape index (κ2) is 10.3. The van der Waals surface area contributed by atoms with Gasteiger partial charge in [-0.05, 0) is 42.3 Å². The van der Waals surface area contributed by atoms with Crippen LogP contribution in [0, 0.1) is 5.41 Å². The van der Waals surface area contributed by atoms with Gasteiger partial charge in [0.1, 0.15) is 0 Å². The van der Waals surface area contributed by atoms with Gasteiger partial charge in [0.05, 0.1) is 22.4 Å². The summed E-state index contributed by atoms with van der Waals surface area (Å²) in [6, 6.07) is 10.5. The second-order valence-corrected chi connectivity index (χ2v) is 13.2. The molecule has 0 spiro atoms. The third-order valence-corrected chi connectivity index (χ3v) is 9.09. The van der Waals surface area contributed by atoms with Crippen molar-refractivity contribution in [2.75, 3.05) is 18.0 Å². The largest absolute Gasteiger partial charge is 0.478 e. The quantitative estimate of drug-likeness (QED) is 0.0685. The molecule has 1 aliphatic heterocycles. The number of carbonyl (C=O) groups is 1. The van der Waals surface area contributed by atoms with E-state index in [2.05, 4.69) is 4.72 Å². The molecule has 0 radical (unpaired) electrons. The van der Waals surface area contributed by atoms with Crippen LogP contribution in [-0.4, -0.2) is 57.7 Å². The fourth-order valence-electron chi connectivity index (χ4n) is 4.23. The minimum atomic E-state index is -5.07. The van der Waals surface area contributed by atoms with Crippen LogP contribution in [0.1, 0.15) is 16.8 Å². The summed E-state index contributed by atoms with van der Waals surface area (Å²) in [7, 11) is -14.1. The molecular weight excluding hydrogens is 590 g/mol. The first-order chi connectivity index (χ1) is 18.5. The highest BCUT2D eigenvalue weighted by molar-refractivity contribution is 7.89. The van der Waals surface area contributed by atoms with E-state index < -0.39 is 80.7 Å². The molecule has 0 saturated carbocycles. The topological polar surface area (TPSA) is 255 Å². The van der Waals surface area contributed by atoms with Crippen LogP contribution in [-0.2, 0) is 30.3 Å². The SMILES string of the molecule is N=c1ccc2c(-c3ccccc3C(=O)O)c3ccc(N)c(S(=O)(=O)O)c3oc-2c1S(=O)(=O)NCCCS(=O)(=O)O. The normalized spacial score (nSPS) is 12.7. The Bertz CT molecular complexity index is 2040. The van der Waals surface area contributed by atoms with Gasteiger partial charge in [-0.2, -0.15) is 16.8 Å². The van der Waals surface area contributed by atoms with Crippen molar-refractivity contribution in [2.24, 2.45) is 0 Å². The molecule has 40 heavy (non-hydrogen) atoms. The van der Waals surface area contributed by atoms with Crippen LogP contribution >= 0.6 is 0 Å². The Balaban J connectivity index is 2.13. The highest BCUT2D eigenvalue weighted by Crippen LogP contribution is 2.45. The van der Waals surface area contributed by atoms with Crippen LogP contribution in [0.25, 0.3) is 33.4 Å². The number of hydrogen-bond donors (Lipinski definition) is 6. The van der Waals surface area contributed by atoms with Gasteiger partial charge in [-0.25, -0.2) is 17.9 Å². The van der Waals surface area contributed by atoms with E-state index in [0.29, 0.717) is 0 Å². The van der Waals surface area contributed by atoms with Crippen LogP contribution in [0.2, 0.25) is 0 Å². The second-order valence-electron chi connectivity index (χ2n) is 8.52. The van der Waals surface area contributed by atoms with E-state index in [1.54, 1.807) is 0 Å². The predicted octanol–water partition coefficient (Wildman–Crippen LogP) is 1.77. The lowest BCUT2D eigenvalue weighted by Crippen LogP contribution is -2.31. The van der Waals surface area contributed by atoms with E-state index in [-0.39, 0.29) is 34.1 Å². The number of hydrogen-bond acceptors (Lipinski definition) is 10. The van der Waals surface area contributed by atoms with Crippen LogP contribution in [0.5, 0.6) is 0 Å². The number of fused-ring (bicyclic) bond motifs is 2. The van der Waals surface area contributed by atoms with Crippen LogP contribution in [0.3, 0.4) is 0 Å². The Kier molecular flexibility index (Phi) is 7.48. The zero-order chi connectivity index (χ0) is 29.6. The molecule has 17 heteroatoms. The number of nitrogen functional groups attached to an aromatic ring is 1. The van der Waals surface area contributed by atoms with Gasteiger partial charge in [0.25, 0.3) is 20.2 Å². The van der Waals surface area contributed by atoms with Crippen LogP contribution < -0.4 is 15.8 Å². The van der Waals surface area contributed by atoms with Crippen molar-refractivity contribution in [2.45, 2.75) is 16.2 Å². The Hall–Kier alpha value is -3.87. The number of aromatic carboxylic acids is 1. The zero-order valence-corrected chi connectivity index (χ0v) is 22.6. The molecule has 0 unspecified atom stereocenters. The van der Waals surface area contributed by atoms with Crippen molar-refractivity contribution in [1.82, 2.24) is 4.72 Å². The van der Waals surface area contributed by atoms with Gasteiger partial charge in [0.15, 0.2) is 21.1 Å². The molecule has 14 nitrogen and oxygen atoms in total. The molecule has 0 fully saturated rings. The summed E-state index contributed by atoms with van der Waals surface area (Å²) >= 11 is 0. The van der Waals surface area contributed by atoms with E-state index in [9.17, 15) is 39.7 Å². The van der Waals surface area contributed by atoms with Crippen molar-refractivity contribution < 1.29 is 48.7 Å². The number of carboxylic acids is 1. The summed E-state index contributed by atoms with van der Waals surface area (Å²) in [5, 5.41) is 17.5. The fraction of sp³-hybridized carbons (Fsp3) is 0.130. The molecule has 0 saturated heterocycles. The number of sulfonamides is 1. The minimum Gasteiger partial charge on any atom is -0.478 e. The van der Waals surface area contributed by atoms with Crippen molar-refractivity contribution in [3.8, 4) is 22.5 Å². The Morgan fingerprint density at radius 3 is 2.23 bits per heavy atom. The Labute approximate surface area is 227 Å². The molecule has 1 aliphatic carbocycles. The first kappa shape index (κ1) is 29.1. The van der Waals surface area contributed by atoms with E-state index in [1.165, 1.54) is 36.4 Å². The maximum atomic E-state index is 13.3. The summed E-state index contributed by atoms with van der Waals surface area (Å²) in [5.41, 5.74) is 4.56. The Morgan fingerprint density at radius 1 is 0.925 bits per heavy atom. The monoisotopic (exact) mass is 611 g/mol. The number of nitrogens with one attached hydrogen (secondary N) is 2. The van der Waals surface area contributed by atoms with Gasteiger partial charge in [0.2, 0.25) is 10.0 Å². The van der Waals surface area contributed by atoms with Crippen molar-refractivity contribution in [3.63, 3.8) is 0 Å². The third-order valence-electron chi connectivity index (χ3n) is 5.82. The van der Waals surface area contributed by atoms with Gasteiger partial charge in [-0.3, -0.25) is 14.5 Å². The maximum absolute atomic E-state index is 13.3. The summed E-state index contributed by atoms with van der Waals surface area (Å²) in [6.45, 7) is -0.469. The lowest BCUT2D eigenvalue weighted by Gasteiger charge is -2.20. The number of anilines is 1. The number of rotatable bonds is 9. The lowest BCUT2D eigenvalue weighted by molar-refractivity contribution is 0.0697. The smallest absolute Gasteiger partial charge is 0.336 e. The third kappa shape index (κ3) is 5.55. The van der Waals surface area contributed by atoms with Crippen molar-refractivity contribution in [3.05, 3.63) is 59.5 Å². The number of nitrogens with two attached hydrogens (primary N) is 1. The lowest BCUT2D eigenvalue weighted by atomic mass is 9.90. The average molecular weight is 612 g/mol. The molecule has 4 rings (SSSR count). The first-order valence-corrected chi connectivity index (χ1v) is 15.7. The summed E-state index contributed by atoms with van der Waals surface area (Å²) in [6.07, 6.45) is -0.323. The molecule has 0 atom stereocenters. The summed E-state index contributed by atoms with van der Waals surface area (Å²) < 4.78 is 99.9. The molecule has 0 amide bonds. The van der Waals surface area contributed by atoms with Gasteiger partial charge in [-0.15, -0.1) is 0 Å². The van der Waals surface area contributed by atoms with Gasteiger partial charge >= 0.3 is 5.97 Å². The molecule has 212 valence electrons. The van der Waals surface area contributed by atoms with Crippen LogP contribution in [0.4, 0.5) is 5.69 Å². The van der Waals surface area contributed by atoms with Gasteiger partial charge in [0, 0.05) is 23.1 Å². The summed E-state index contributed by atoms with van der Waals surface area (Å²) in [5.74, 6) is -2.66. The standard InChI is InChI=1S/C23H21N3O11S3/c24-16-8-6-14-18(12-4-1-2-5-13(12)23(27)28)15-7-9-17(25)22(40(34,35)36)20(15)37-19(14)21(16)39(32,33)26-10-3-11-38(29,30)31/h1-2,4-9,24,26H,3,10-11,25H2,(H,27,28)(H,29,30,31)(H,34,35,36). The predicted molar refractivity (Wildman–Crippen MR) is 142 cm³/mol. The zero-order valence-electron chi connectivity index (χ0n) is 20.1. The highest BCUT2D eigenvalue weighted by atomic mass is 32.2. The van der Waals surface area contributed by atoms with E-state index >= 15 is 0 Å². The number of carboxylic acid groups (broad SMARTS) is 1. The van der Waals surface area contributed by atoms with Gasteiger partial charge < -0.3 is 15.3 Å². The van der Waals surface area contributed by atoms with E-state index in [0.717, 1.165) is 12.1 Å². The first-order valence-electron chi connectivity index (χ1n) is 11.1. The molecule has 2 aliphatic rings. The molecular formula is C23H21N3O11S3. The fourth-order valence-corrected chi connectivity index (χ4v) is 6.80. The van der Waals surface area contributed by atoms with Crippen molar-refractivity contribution in [1.29, 1.82) is 5.41 Å². The molecule has 2 aromatic carbocycles. The minimum absolute atomic E-state index is 0.0157. The van der Waals surface area contributed by atoms with Crippen molar-refractivity contribution >= 4 is 52.9 Å². The number of benzene rings is 3. The molecule has 0 bridgehead atoms. The molecule has 2 aromatic rings. The van der Waals surface area contributed by atoms with Gasteiger partial charge in [-0.1, -0.05) is 18.2 Å². The molecule has 0 aromatic heterocycles. The van der Waals surface area contributed by atoms with E-state index in [1.807, 2.05) is 0 Å². The van der Waals surface area contributed by atoms with E-state index in [4.69, 9.17) is 20.1 Å². The highest BCUT2D eigenvalue weighted by Gasteiger charge is 2.32. The maximum Gasteiger partial charge on any atom is 0.336 e.